The molecular formula is C13H17F2N3O. The summed E-state index contributed by atoms with van der Waals surface area (Å²) in [6, 6.07) is 3.38. The minimum absolute atomic E-state index is 0.116. The average molecular weight is 269 g/mol. The summed E-state index contributed by atoms with van der Waals surface area (Å²) in [6.07, 6.45) is 0.984. The molecule has 6 heteroatoms. The third-order valence-electron chi connectivity index (χ3n) is 3.25. The first kappa shape index (κ1) is 13.9. The Hall–Kier alpha value is -1.53. The van der Waals surface area contributed by atoms with Crippen molar-refractivity contribution in [2.45, 2.75) is 12.5 Å². The lowest BCUT2D eigenvalue weighted by atomic mass is 10.3. The van der Waals surface area contributed by atoms with E-state index in [-0.39, 0.29) is 18.1 Å². The Morgan fingerprint density at radius 3 is 2.95 bits per heavy atom. The lowest BCUT2D eigenvalue weighted by molar-refractivity contribution is -0.117. The van der Waals surface area contributed by atoms with Gasteiger partial charge >= 0.3 is 0 Å². The van der Waals surface area contributed by atoms with E-state index < -0.39 is 11.6 Å². The van der Waals surface area contributed by atoms with Crippen LogP contribution in [0, 0.1) is 11.6 Å². The number of rotatable bonds is 4. The van der Waals surface area contributed by atoms with Crippen molar-refractivity contribution in [2.75, 3.05) is 32.0 Å². The summed E-state index contributed by atoms with van der Waals surface area (Å²) >= 11 is 0. The normalized spacial score (nSPS) is 19.6. The number of nitrogens with one attached hydrogen (secondary N) is 2. The van der Waals surface area contributed by atoms with Gasteiger partial charge < -0.3 is 10.6 Å². The second-order valence-corrected chi connectivity index (χ2v) is 4.68. The van der Waals surface area contributed by atoms with Crippen molar-refractivity contribution >= 4 is 11.6 Å². The summed E-state index contributed by atoms with van der Waals surface area (Å²) in [5.74, 6) is -1.54. The number of benzene rings is 1. The van der Waals surface area contributed by atoms with Crippen molar-refractivity contribution in [3.63, 3.8) is 0 Å². The molecule has 1 fully saturated rings. The van der Waals surface area contributed by atoms with Gasteiger partial charge in [0.2, 0.25) is 5.91 Å². The molecule has 1 saturated heterocycles. The van der Waals surface area contributed by atoms with Crippen LogP contribution in [0.15, 0.2) is 18.2 Å². The van der Waals surface area contributed by atoms with Crippen LogP contribution in [0.25, 0.3) is 0 Å². The van der Waals surface area contributed by atoms with Gasteiger partial charge in [-0.1, -0.05) is 0 Å². The number of anilines is 1. The van der Waals surface area contributed by atoms with Gasteiger partial charge in [-0.3, -0.25) is 9.69 Å². The van der Waals surface area contributed by atoms with E-state index in [9.17, 15) is 13.6 Å². The maximum absolute atomic E-state index is 13.4. The third-order valence-corrected chi connectivity index (χ3v) is 3.25. The van der Waals surface area contributed by atoms with Crippen LogP contribution in [0.5, 0.6) is 0 Å². The number of hydrogen-bond acceptors (Lipinski definition) is 3. The molecule has 19 heavy (non-hydrogen) atoms. The van der Waals surface area contributed by atoms with Crippen molar-refractivity contribution in [2.24, 2.45) is 0 Å². The maximum Gasteiger partial charge on any atom is 0.238 e. The van der Waals surface area contributed by atoms with Crippen molar-refractivity contribution in [3.8, 4) is 0 Å². The van der Waals surface area contributed by atoms with Gasteiger partial charge in [0, 0.05) is 25.2 Å². The Balaban J connectivity index is 1.89. The summed E-state index contributed by atoms with van der Waals surface area (Å²) in [5, 5.41) is 5.55. The molecule has 0 aliphatic carbocycles. The Labute approximate surface area is 110 Å². The fourth-order valence-electron chi connectivity index (χ4n) is 2.20. The Morgan fingerprint density at radius 2 is 2.26 bits per heavy atom. The van der Waals surface area contributed by atoms with E-state index in [2.05, 4.69) is 10.6 Å². The summed E-state index contributed by atoms with van der Waals surface area (Å²) in [4.78, 5) is 13.7. The molecule has 1 aromatic carbocycles. The van der Waals surface area contributed by atoms with Gasteiger partial charge in [-0.2, -0.15) is 0 Å². The second kappa shape index (κ2) is 6.08. The molecule has 1 aliphatic rings. The number of likely N-dealkylation sites (N-methyl/N-ethyl adjacent to an activating group) is 1. The number of likely N-dealkylation sites (tertiary alicyclic amines) is 1. The van der Waals surface area contributed by atoms with E-state index >= 15 is 0 Å². The minimum atomic E-state index is -0.635. The van der Waals surface area contributed by atoms with Gasteiger partial charge in [-0.15, -0.1) is 0 Å². The molecule has 2 rings (SSSR count). The number of carbonyl (C=O) groups is 1. The lowest BCUT2D eigenvalue weighted by Gasteiger charge is -2.15. The summed E-state index contributed by atoms with van der Waals surface area (Å²) in [5.41, 5.74) is -0.116. The molecule has 1 unspecified atom stereocenters. The molecule has 1 aliphatic heterocycles. The molecule has 4 nitrogen and oxygen atoms in total. The molecule has 0 radical (unpaired) electrons. The number of carbonyl (C=O) groups excluding carboxylic acids is 1. The second-order valence-electron chi connectivity index (χ2n) is 4.68. The van der Waals surface area contributed by atoms with Gasteiger partial charge in [0.05, 0.1) is 12.2 Å². The van der Waals surface area contributed by atoms with Gasteiger partial charge in [0.25, 0.3) is 0 Å². The third kappa shape index (κ3) is 3.71. The van der Waals surface area contributed by atoms with E-state index in [4.69, 9.17) is 0 Å². The smallest absolute Gasteiger partial charge is 0.238 e. The van der Waals surface area contributed by atoms with Crippen molar-refractivity contribution in [1.82, 2.24) is 10.2 Å². The topological polar surface area (TPSA) is 44.4 Å². The molecule has 0 aromatic heterocycles. The number of halogens is 2. The first-order valence-corrected chi connectivity index (χ1v) is 6.23. The fourth-order valence-corrected chi connectivity index (χ4v) is 2.20. The molecule has 1 atom stereocenters. The number of hydrogen-bond donors (Lipinski definition) is 2. The van der Waals surface area contributed by atoms with E-state index in [1.807, 2.05) is 11.9 Å². The fraction of sp³-hybridized carbons (Fsp3) is 0.462. The van der Waals surface area contributed by atoms with Crippen molar-refractivity contribution in [3.05, 3.63) is 29.8 Å². The maximum atomic E-state index is 13.4. The molecule has 0 saturated carbocycles. The average Bonchev–Trinajstić information content (AvgIpc) is 2.81. The van der Waals surface area contributed by atoms with E-state index in [0.29, 0.717) is 6.04 Å². The van der Waals surface area contributed by atoms with Gasteiger partial charge in [-0.25, -0.2) is 8.78 Å². The molecule has 0 bridgehead atoms. The molecular weight excluding hydrogens is 252 g/mol. The van der Waals surface area contributed by atoms with Crippen LogP contribution < -0.4 is 10.6 Å². The quantitative estimate of drug-likeness (QED) is 0.863. The minimum Gasteiger partial charge on any atom is -0.322 e. The zero-order valence-electron chi connectivity index (χ0n) is 10.7. The summed E-state index contributed by atoms with van der Waals surface area (Å²) in [6.45, 7) is 1.80. The van der Waals surface area contributed by atoms with Crippen LogP contribution in [0.2, 0.25) is 0 Å². The first-order valence-electron chi connectivity index (χ1n) is 6.23. The van der Waals surface area contributed by atoms with E-state index in [1.165, 1.54) is 0 Å². The lowest BCUT2D eigenvalue weighted by Crippen LogP contribution is -2.34. The Kier molecular flexibility index (Phi) is 4.44. The van der Waals surface area contributed by atoms with Crippen LogP contribution in [0.3, 0.4) is 0 Å². The highest BCUT2D eigenvalue weighted by Gasteiger charge is 2.22. The van der Waals surface area contributed by atoms with Gasteiger partial charge in [-0.05, 0) is 25.6 Å². The summed E-state index contributed by atoms with van der Waals surface area (Å²) < 4.78 is 26.3. The molecule has 104 valence electrons. The zero-order valence-corrected chi connectivity index (χ0v) is 10.7. The number of amides is 1. The number of nitrogens with zero attached hydrogens (tertiary/aromatic N) is 1. The molecule has 1 heterocycles. The SMILES string of the molecule is CNC1CCN(CC(=O)Nc2cc(F)ccc2F)C1. The van der Waals surface area contributed by atoms with Crippen LogP contribution in [-0.4, -0.2) is 43.5 Å². The van der Waals surface area contributed by atoms with Crippen LogP contribution >= 0.6 is 0 Å². The van der Waals surface area contributed by atoms with Gasteiger partial charge in [0.1, 0.15) is 11.6 Å². The molecule has 1 amide bonds. The van der Waals surface area contributed by atoms with Crippen LogP contribution in [0.1, 0.15) is 6.42 Å². The molecule has 0 spiro atoms. The monoisotopic (exact) mass is 269 g/mol. The standard InChI is InChI=1S/C13H17F2N3O/c1-16-10-4-5-18(7-10)8-13(19)17-12-6-9(14)2-3-11(12)15/h2-3,6,10,16H,4-5,7-8H2,1H3,(H,17,19). The predicted octanol–water partition coefficient (Wildman–Crippen LogP) is 1.20. The van der Waals surface area contributed by atoms with Gasteiger partial charge in [0.15, 0.2) is 0 Å². The molecule has 2 N–H and O–H groups in total. The highest BCUT2D eigenvalue weighted by atomic mass is 19.1. The van der Waals surface area contributed by atoms with E-state index in [0.717, 1.165) is 37.7 Å². The van der Waals surface area contributed by atoms with Crippen molar-refractivity contribution in [1.29, 1.82) is 0 Å². The van der Waals surface area contributed by atoms with Crippen molar-refractivity contribution < 1.29 is 13.6 Å². The Bertz CT molecular complexity index is 467. The Morgan fingerprint density at radius 1 is 1.47 bits per heavy atom. The highest BCUT2D eigenvalue weighted by molar-refractivity contribution is 5.92. The van der Waals surface area contributed by atoms with E-state index in [1.54, 1.807) is 0 Å². The molecule has 1 aromatic rings. The first-order chi connectivity index (χ1) is 9.08. The zero-order chi connectivity index (χ0) is 13.8. The van der Waals surface area contributed by atoms with Crippen LogP contribution in [0.4, 0.5) is 14.5 Å². The van der Waals surface area contributed by atoms with Crippen LogP contribution in [-0.2, 0) is 4.79 Å². The predicted molar refractivity (Wildman–Crippen MR) is 68.9 cm³/mol. The summed E-state index contributed by atoms with van der Waals surface area (Å²) in [7, 11) is 1.89. The highest BCUT2D eigenvalue weighted by Crippen LogP contribution is 2.15. The largest absolute Gasteiger partial charge is 0.322 e.